The normalized spacial score (nSPS) is 23.7. The van der Waals surface area contributed by atoms with Gasteiger partial charge < -0.3 is 10.1 Å². The van der Waals surface area contributed by atoms with Crippen LogP contribution in [0.4, 0.5) is 5.69 Å². The Kier molecular flexibility index (Phi) is 6.16. The number of hydrogen-bond donors (Lipinski definition) is 1. The number of fused-ring (bicyclic) bond motifs is 3. The molecular formula is C22H23ClN2O5S. The summed E-state index contributed by atoms with van der Waals surface area (Å²) < 4.78 is 33.4. The molecule has 2 bridgehead atoms. The zero-order chi connectivity index (χ0) is 22.2. The van der Waals surface area contributed by atoms with Crippen LogP contribution < -0.4 is 5.32 Å². The Morgan fingerprint density at radius 2 is 1.81 bits per heavy atom. The van der Waals surface area contributed by atoms with Gasteiger partial charge in [-0.15, -0.1) is 0 Å². The first kappa shape index (κ1) is 22.0. The molecule has 2 aliphatic heterocycles. The molecule has 0 radical (unpaired) electrons. The Hall–Kier alpha value is -2.26. The highest BCUT2D eigenvalue weighted by molar-refractivity contribution is 7.89. The number of halogens is 1. The number of anilines is 1. The molecule has 31 heavy (non-hydrogen) atoms. The zero-order valence-corrected chi connectivity index (χ0v) is 18.5. The van der Waals surface area contributed by atoms with Crippen LogP contribution in [0.3, 0.4) is 0 Å². The number of benzene rings is 2. The fourth-order valence-corrected chi connectivity index (χ4v) is 6.51. The molecule has 2 saturated heterocycles. The lowest BCUT2D eigenvalue weighted by Gasteiger charge is -2.49. The first-order valence-electron chi connectivity index (χ1n) is 10.0. The average molecular weight is 463 g/mol. The lowest BCUT2D eigenvalue weighted by atomic mass is 9.73. The van der Waals surface area contributed by atoms with Gasteiger partial charge in [0.1, 0.15) is 12.4 Å². The predicted octanol–water partition coefficient (Wildman–Crippen LogP) is 3.41. The van der Waals surface area contributed by atoms with E-state index in [0.717, 1.165) is 5.56 Å². The molecule has 3 atom stereocenters. The molecule has 3 aliphatic rings. The van der Waals surface area contributed by atoms with Gasteiger partial charge in [-0.1, -0.05) is 23.7 Å². The first-order chi connectivity index (χ1) is 14.8. The number of carbonyl (C=O) groups excluding carboxylic acids is 2. The predicted molar refractivity (Wildman–Crippen MR) is 116 cm³/mol. The van der Waals surface area contributed by atoms with Gasteiger partial charge in [0, 0.05) is 36.2 Å². The fraction of sp³-hybridized carbons (Fsp3) is 0.364. The van der Waals surface area contributed by atoms with Gasteiger partial charge in [-0.3, -0.25) is 9.59 Å². The third-order valence-electron chi connectivity index (χ3n) is 5.88. The van der Waals surface area contributed by atoms with Gasteiger partial charge in [0.15, 0.2) is 0 Å². The van der Waals surface area contributed by atoms with Crippen molar-refractivity contribution in [2.75, 3.05) is 19.0 Å². The molecule has 1 saturated carbocycles. The average Bonchev–Trinajstić information content (AvgIpc) is 2.74. The molecule has 0 spiro atoms. The van der Waals surface area contributed by atoms with Crippen molar-refractivity contribution >= 4 is 39.0 Å². The van der Waals surface area contributed by atoms with Crippen LogP contribution >= 0.6 is 11.6 Å². The summed E-state index contributed by atoms with van der Waals surface area (Å²) in [5, 5.41) is 3.17. The minimum Gasteiger partial charge on any atom is -0.375 e. The Bertz CT molecular complexity index is 1090. The SMILES string of the molecule is COCC(=O)Nc1ccc([C@@H]2[C@@H]3CC[C@@H](CC3=O)N2S(=O)(=O)c2ccc(Cl)cc2)cc1. The minimum atomic E-state index is -3.83. The van der Waals surface area contributed by atoms with Crippen LogP contribution in [0.1, 0.15) is 30.9 Å². The van der Waals surface area contributed by atoms with Crippen molar-refractivity contribution in [1.29, 1.82) is 0 Å². The van der Waals surface area contributed by atoms with E-state index in [1.165, 1.54) is 23.5 Å². The number of rotatable bonds is 6. The van der Waals surface area contributed by atoms with Gasteiger partial charge in [-0.25, -0.2) is 8.42 Å². The van der Waals surface area contributed by atoms with Crippen molar-refractivity contribution in [2.24, 2.45) is 5.92 Å². The van der Waals surface area contributed by atoms with Crippen molar-refractivity contribution in [3.8, 4) is 0 Å². The number of ketones is 1. The van der Waals surface area contributed by atoms with E-state index in [0.29, 0.717) is 23.6 Å². The Balaban J connectivity index is 1.69. The number of Topliss-reactive ketones (excluding diaryl/α,β-unsaturated/α-hetero) is 1. The quantitative estimate of drug-likeness (QED) is 0.710. The fourth-order valence-electron chi connectivity index (χ4n) is 4.52. The third-order valence-corrected chi connectivity index (χ3v) is 8.08. The molecule has 1 amide bonds. The Labute approximate surface area is 186 Å². The number of methoxy groups -OCH3 is 1. The van der Waals surface area contributed by atoms with Crippen LogP contribution in [0.25, 0.3) is 0 Å². The second-order valence-corrected chi connectivity index (χ2v) is 10.1. The summed E-state index contributed by atoms with van der Waals surface area (Å²) >= 11 is 5.93. The molecule has 0 unspecified atom stereocenters. The van der Waals surface area contributed by atoms with Crippen LogP contribution in [-0.2, 0) is 24.3 Å². The number of nitrogens with one attached hydrogen (secondary N) is 1. The topological polar surface area (TPSA) is 92.8 Å². The number of nitrogens with zero attached hydrogens (tertiary/aromatic N) is 1. The zero-order valence-electron chi connectivity index (χ0n) is 17.0. The van der Waals surface area contributed by atoms with E-state index in [2.05, 4.69) is 5.32 Å². The van der Waals surface area contributed by atoms with E-state index in [1.807, 2.05) is 0 Å². The third kappa shape index (κ3) is 4.25. The summed E-state index contributed by atoms with van der Waals surface area (Å²) in [6, 6.07) is 12.1. The van der Waals surface area contributed by atoms with Gasteiger partial charge >= 0.3 is 0 Å². The lowest BCUT2D eigenvalue weighted by molar-refractivity contribution is -0.133. The van der Waals surface area contributed by atoms with Crippen molar-refractivity contribution in [3.05, 3.63) is 59.1 Å². The summed E-state index contributed by atoms with van der Waals surface area (Å²) in [7, 11) is -2.39. The molecule has 2 aromatic carbocycles. The highest BCUT2D eigenvalue weighted by Gasteiger charge is 2.52. The molecule has 2 aromatic rings. The highest BCUT2D eigenvalue weighted by atomic mass is 35.5. The van der Waals surface area contributed by atoms with E-state index >= 15 is 0 Å². The van der Waals surface area contributed by atoms with Crippen LogP contribution in [0.2, 0.25) is 5.02 Å². The number of carbonyl (C=O) groups is 2. The second-order valence-electron chi connectivity index (χ2n) is 7.85. The van der Waals surface area contributed by atoms with E-state index in [9.17, 15) is 18.0 Å². The van der Waals surface area contributed by atoms with Gasteiger partial charge in [-0.05, 0) is 54.8 Å². The molecule has 164 valence electrons. The highest BCUT2D eigenvalue weighted by Crippen LogP contribution is 2.48. The largest absolute Gasteiger partial charge is 0.375 e. The molecular weight excluding hydrogens is 440 g/mol. The van der Waals surface area contributed by atoms with Crippen molar-refractivity contribution < 1.29 is 22.7 Å². The van der Waals surface area contributed by atoms with E-state index in [4.69, 9.17) is 16.3 Å². The molecule has 0 aromatic heterocycles. The maximum absolute atomic E-state index is 13.6. The summed E-state index contributed by atoms with van der Waals surface area (Å²) in [6.07, 6.45) is 1.55. The summed E-state index contributed by atoms with van der Waals surface area (Å²) in [5.41, 5.74) is 1.30. The smallest absolute Gasteiger partial charge is 0.250 e. The first-order valence-corrected chi connectivity index (χ1v) is 11.8. The number of piperidine rings is 2. The minimum absolute atomic E-state index is 0.0598. The van der Waals surface area contributed by atoms with Gasteiger partial charge in [0.05, 0.1) is 10.9 Å². The molecule has 3 fully saturated rings. The van der Waals surface area contributed by atoms with E-state index in [1.54, 1.807) is 36.4 Å². The molecule has 2 heterocycles. The monoisotopic (exact) mass is 462 g/mol. The van der Waals surface area contributed by atoms with Gasteiger partial charge in [0.25, 0.3) is 0 Å². The summed E-state index contributed by atoms with van der Waals surface area (Å²) in [4.78, 5) is 24.6. The van der Waals surface area contributed by atoms with E-state index < -0.39 is 16.1 Å². The molecule has 1 aliphatic carbocycles. The number of ether oxygens (including phenoxy) is 1. The van der Waals surface area contributed by atoms with Gasteiger partial charge in [0.2, 0.25) is 15.9 Å². The molecule has 5 rings (SSSR count). The van der Waals surface area contributed by atoms with Crippen LogP contribution in [0, 0.1) is 5.92 Å². The van der Waals surface area contributed by atoms with E-state index in [-0.39, 0.29) is 41.6 Å². The maximum atomic E-state index is 13.6. The number of sulfonamides is 1. The standard InChI is InChI=1S/C22H23ClN2O5S/c1-30-13-21(27)24-16-6-2-14(3-7-16)22-19-11-8-17(12-20(19)26)25(22)31(28,29)18-9-4-15(23)5-10-18/h2-7,9-10,17,19,22H,8,11-13H2,1H3,(H,24,27)/t17-,19+,22+/m0/s1. The van der Waals surface area contributed by atoms with Crippen LogP contribution in [-0.4, -0.2) is 44.2 Å². The number of amides is 1. The maximum Gasteiger partial charge on any atom is 0.250 e. The van der Waals surface area contributed by atoms with Crippen LogP contribution in [0.5, 0.6) is 0 Å². The van der Waals surface area contributed by atoms with Gasteiger partial charge in [-0.2, -0.15) is 4.31 Å². The van der Waals surface area contributed by atoms with Crippen molar-refractivity contribution in [3.63, 3.8) is 0 Å². The van der Waals surface area contributed by atoms with Crippen molar-refractivity contribution in [2.45, 2.75) is 36.2 Å². The summed E-state index contributed by atoms with van der Waals surface area (Å²) in [5.74, 6) is -0.573. The Morgan fingerprint density at radius 1 is 1.13 bits per heavy atom. The van der Waals surface area contributed by atoms with Crippen LogP contribution in [0.15, 0.2) is 53.4 Å². The lowest BCUT2D eigenvalue weighted by Crippen LogP contribution is -2.56. The summed E-state index contributed by atoms with van der Waals surface area (Å²) in [6.45, 7) is -0.0598. The van der Waals surface area contributed by atoms with Crippen molar-refractivity contribution in [1.82, 2.24) is 4.31 Å². The number of hydrogen-bond acceptors (Lipinski definition) is 5. The molecule has 7 nitrogen and oxygen atoms in total. The Morgan fingerprint density at radius 3 is 2.42 bits per heavy atom. The molecule has 9 heteroatoms. The second kappa shape index (κ2) is 8.70. The molecule has 1 N–H and O–H groups in total.